The molecule has 2 aromatic rings. The molecule has 2 bridgehead atoms. The van der Waals surface area contributed by atoms with Gasteiger partial charge in [-0.05, 0) is 37.1 Å². The van der Waals surface area contributed by atoms with Crippen molar-refractivity contribution >= 4 is 16.5 Å². The summed E-state index contributed by atoms with van der Waals surface area (Å²) in [5.74, 6) is 0. The molecule has 0 radical (unpaired) electrons. The summed E-state index contributed by atoms with van der Waals surface area (Å²) in [7, 11) is 1.82. The number of rotatable bonds is 2. The number of benzene rings is 2. The van der Waals surface area contributed by atoms with Crippen LogP contribution in [0.25, 0.3) is 10.8 Å². The molecule has 0 aromatic heterocycles. The van der Waals surface area contributed by atoms with Gasteiger partial charge < -0.3 is 9.64 Å². The largest absolute Gasteiger partial charge is 0.381 e. The van der Waals surface area contributed by atoms with E-state index in [0.717, 1.165) is 34.9 Å². The second-order valence-electron chi connectivity index (χ2n) is 6.41. The molecule has 4 rings (SSSR count). The number of nitrogens with zero attached hydrogens (tertiary/aromatic N) is 2. The highest BCUT2D eigenvalue weighted by molar-refractivity contribution is 5.93. The number of ether oxygens (including phenoxy) is 1. The fourth-order valence-electron chi connectivity index (χ4n) is 4.31. The lowest BCUT2D eigenvalue weighted by Gasteiger charge is -2.40. The maximum absolute atomic E-state index is 9.74. The monoisotopic (exact) mass is 292 g/mol. The Labute approximate surface area is 131 Å². The lowest BCUT2D eigenvalue weighted by Crippen LogP contribution is -2.45. The number of anilines is 1. The second-order valence-corrected chi connectivity index (χ2v) is 6.41. The Balaban J connectivity index is 1.81. The highest BCUT2D eigenvalue weighted by Gasteiger charge is 2.41. The van der Waals surface area contributed by atoms with Crippen molar-refractivity contribution in [3.63, 3.8) is 0 Å². The summed E-state index contributed by atoms with van der Waals surface area (Å²) >= 11 is 0. The molecule has 2 aliphatic heterocycles. The molecule has 112 valence electrons. The van der Waals surface area contributed by atoms with Crippen LogP contribution in [0, 0.1) is 11.3 Å². The van der Waals surface area contributed by atoms with Gasteiger partial charge in [-0.25, -0.2) is 0 Å². The van der Waals surface area contributed by atoms with Crippen molar-refractivity contribution in [1.29, 1.82) is 5.26 Å². The maximum atomic E-state index is 9.74. The first-order valence-corrected chi connectivity index (χ1v) is 8.05. The number of nitriles is 1. The Kier molecular flexibility index (Phi) is 3.28. The van der Waals surface area contributed by atoms with Crippen LogP contribution in [0.4, 0.5) is 5.69 Å². The average molecular weight is 292 g/mol. The topological polar surface area (TPSA) is 36.3 Å². The zero-order chi connectivity index (χ0) is 15.1. The van der Waals surface area contributed by atoms with Crippen molar-refractivity contribution in [3.05, 3.63) is 42.0 Å². The molecule has 3 heteroatoms. The van der Waals surface area contributed by atoms with Crippen LogP contribution in [-0.4, -0.2) is 25.3 Å². The van der Waals surface area contributed by atoms with Crippen LogP contribution in [0.5, 0.6) is 0 Å². The molecule has 22 heavy (non-hydrogen) atoms. The summed E-state index contributed by atoms with van der Waals surface area (Å²) in [6, 6.07) is 15.9. The predicted octanol–water partition coefficient (Wildman–Crippen LogP) is 3.86. The van der Waals surface area contributed by atoms with Gasteiger partial charge in [-0.2, -0.15) is 5.26 Å². The first-order chi connectivity index (χ1) is 10.8. The Hall–Kier alpha value is -2.05. The van der Waals surface area contributed by atoms with Crippen LogP contribution in [0.2, 0.25) is 0 Å². The second kappa shape index (κ2) is 5.30. The van der Waals surface area contributed by atoms with E-state index in [1.54, 1.807) is 0 Å². The Morgan fingerprint density at radius 2 is 1.82 bits per heavy atom. The number of piperidine rings is 1. The van der Waals surface area contributed by atoms with Gasteiger partial charge in [-0.3, -0.25) is 0 Å². The fourth-order valence-corrected chi connectivity index (χ4v) is 4.31. The third-order valence-corrected chi connectivity index (χ3v) is 5.32. The van der Waals surface area contributed by atoms with Gasteiger partial charge in [0.05, 0.1) is 17.4 Å². The molecule has 2 aliphatic rings. The van der Waals surface area contributed by atoms with Gasteiger partial charge in [0.1, 0.15) is 6.07 Å². The Bertz CT molecular complexity index is 735. The van der Waals surface area contributed by atoms with E-state index < -0.39 is 0 Å². The maximum Gasteiger partial charge on any atom is 0.102 e. The summed E-state index contributed by atoms with van der Waals surface area (Å²) in [5, 5.41) is 11.9. The molecule has 0 aliphatic carbocycles. The molecule has 2 heterocycles. The summed E-state index contributed by atoms with van der Waals surface area (Å²) in [5.41, 5.74) is 1.94. The van der Waals surface area contributed by atoms with Crippen molar-refractivity contribution in [2.45, 2.75) is 43.9 Å². The van der Waals surface area contributed by atoms with Crippen molar-refractivity contribution in [2.24, 2.45) is 0 Å². The van der Waals surface area contributed by atoms with E-state index in [1.807, 2.05) is 19.2 Å². The SMILES string of the molecule is COC1CC2CCC(C1)N2c1ccc2ccccc2c1C#N. The van der Waals surface area contributed by atoms with E-state index in [-0.39, 0.29) is 0 Å². The van der Waals surface area contributed by atoms with Gasteiger partial charge in [-0.1, -0.05) is 30.3 Å². The molecule has 2 aromatic carbocycles. The number of fused-ring (bicyclic) bond motifs is 3. The minimum absolute atomic E-state index is 0.375. The summed E-state index contributed by atoms with van der Waals surface area (Å²) < 4.78 is 5.59. The summed E-state index contributed by atoms with van der Waals surface area (Å²) in [6.07, 6.45) is 4.94. The zero-order valence-electron chi connectivity index (χ0n) is 12.8. The van der Waals surface area contributed by atoms with E-state index >= 15 is 0 Å². The van der Waals surface area contributed by atoms with Crippen molar-refractivity contribution in [2.75, 3.05) is 12.0 Å². The molecule has 2 atom stereocenters. The van der Waals surface area contributed by atoms with Crippen molar-refractivity contribution < 1.29 is 4.74 Å². The molecule has 0 saturated carbocycles. The molecule has 2 fully saturated rings. The van der Waals surface area contributed by atoms with E-state index in [1.165, 1.54) is 12.8 Å². The minimum Gasteiger partial charge on any atom is -0.381 e. The summed E-state index contributed by atoms with van der Waals surface area (Å²) in [4.78, 5) is 2.50. The lowest BCUT2D eigenvalue weighted by molar-refractivity contribution is 0.0684. The quantitative estimate of drug-likeness (QED) is 0.843. The summed E-state index contributed by atoms with van der Waals surface area (Å²) in [6.45, 7) is 0. The van der Waals surface area contributed by atoms with Crippen molar-refractivity contribution in [3.8, 4) is 6.07 Å². The van der Waals surface area contributed by atoms with E-state index in [4.69, 9.17) is 4.74 Å². The first kappa shape index (κ1) is 13.6. The van der Waals surface area contributed by atoms with E-state index in [9.17, 15) is 5.26 Å². The molecule has 0 amide bonds. The Morgan fingerprint density at radius 3 is 2.50 bits per heavy atom. The highest BCUT2D eigenvalue weighted by atomic mass is 16.5. The zero-order valence-corrected chi connectivity index (χ0v) is 12.8. The van der Waals surface area contributed by atoms with Gasteiger partial charge in [0, 0.05) is 24.6 Å². The lowest BCUT2D eigenvalue weighted by atomic mass is 9.96. The van der Waals surface area contributed by atoms with Crippen LogP contribution < -0.4 is 4.90 Å². The van der Waals surface area contributed by atoms with Gasteiger partial charge in [0.25, 0.3) is 0 Å². The molecule has 0 N–H and O–H groups in total. The normalized spacial score (nSPS) is 27.1. The van der Waals surface area contributed by atoms with Gasteiger partial charge in [-0.15, -0.1) is 0 Å². The minimum atomic E-state index is 0.375. The van der Waals surface area contributed by atoms with E-state index in [0.29, 0.717) is 18.2 Å². The highest BCUT2D eigenvalue weighted by Crippen LogP contribution is 2.42. The molecule has 3 nitrogen and oxygen atoms in total. The third kappa shape index (κ3) is 1.99. The van der Waals surface area contributed by atoms with Crippen LogP contribution in [0.3, 0.4) is 0 Å². The van der Waals surface area contributed by atoms with Gasteiger partial charge in [0.2, 0.25) is 0 Å². The molecular weight excluding hydrogens is 272 g/mol. The molecule has 0 spiro atoms. The smallest absolute Gasteiger partial charge is 0.102 e. The number of hydrogen-bond donors (Lipinski definition) is 0. The first-order valence-electron chi connectivity index (χ1n) is 8.05. The third-order valence-electron chi connectivity index (χ3n) is 5.32. The number of hydrogen-bond acceptors (Lipinski definition) is 3. The standard InChI is InChI=1S/C19H20N2O/c1-22-16-10-14-7-8-15(11-16)21(14)19-9-6-13-4-2-3-5-17(13)18(19)12-20/h2-6,9,14-16H,7-8,10-11H2,1H3. The van der Waals surface area contributed by atoms with Crippen LogP contribution >= 0.6 is 0 Å². The van der Waals surface area contributed by atoms with Gasteiger partial charge in [0.15, 0.2) is 0 Å². The van der Waals surface area contributed by atoms with Crippen LogP contribution in [0.1, 0.15) is 31.2 Å². The number of methoxy groups -OCH3 is 1. The fraction of sp³-hybridized carbons (Fsp3) is 0.421. The molecule has 2 unspecified atom stereocenters. The Morgan fingerprint density at radius 1 is 1.09 bits per heavy atom. The van der Waals surface area contributed by atoms with Gasteiger partial charge >= 0.3 is 0 Å². The van der Waals surface area contributed by atoms with Crippen LogP contribution in [-0.2, 0) is 4.74 Å². The van der Waals surface area contributed by atoms with Crippen LogP contribution in [0.15, 0.2) is 36.4 Å². The predicted molar refractivity (Wildman–Crippen MR) is 88.0 cm³/mol. The molecular formula is C19H20N2O. The average Bonchev–Trinajstić information content (AvgIpc) is 2.83. The molecule has 2 saturated heterocycles. The van der Waals surface area contributed by atoms with E-state index in [2.05, 4.69) is 35.2 Å². The van der Waals surface area contributed by atoms with Crippen molar-refractivity contribution in [1.82, 2.24) is 0 Å².